The van der Waals surface area contributed by atoms with E-state index in [4.69, 9.17) is 15.2 Å². The van der Waals surface area contributed by atoms with Gasteiger partial charge in [0, 0.05) is 6.61 Å². The van der Waals surface area contributed by atoms with Crippen LogP contribution in [0.25, 0.3) is 0 Å². The highest BCUT2D eigenvalue weighted by atomic mass is 16.5. The van der Waals surface area contributed by atoms with Gasteiger partial charge in [0.25, 0.3) is 0 Å². The average Bonchev–Trinajstić information content (AvgIpc) is 2.18. The van der Waals surface area contributed by atoms with Gasteiger partial charge in [-0.2, -0.15) is 0 Å². The summed E-state index contributed by atoms with van der Waals surface area (Å²) in [5, 5.41) is 0. The molecule has 0 radical (unpaired) electrons. The molecule has 0 aromatic heterocycles. The molecule has 0 aliphatic rings. The summed E-state index contributed by atoms with van der Waals surface area (Å²) in [6.45, 7) is 10.5. The first-order valence-electron chi connectivity index (χ1n) is 5.96. The summed E-state index contributed by atoms with van der Waals surface area (Å²) in [5.41, 5.74) is 5.22. The maximum Gasteiger partial charge on any atom is 0.0940 e. The Balaban J connectivity index is 3.74. The second kappa shape index (κ2) is 8.08. The molecule has 3 heteroatoms. The fraction of sp³-hybridized carbons (Fsp3) is 1.00. The summed E-state index contributed by atoms with van der Waals surface area (Å²) in [6, 6.07) is 0. The summed E-state index contributed by atoms with van der Waals surface area (Å²) in [4.78, 5) is 0. The van der Waals surface area contributed by atoms with E-state index in [1.54, 1.807) is 0 Å². The largest absolute Gasteiger partial charge is 0.375 e. The number of nitrogens with two attached hydrogens (primary N) is 1. The Morgan fingerprint density at radius 1 is 1.27 bits per heavy atom. The number of rotatable bonds is 9. The van der Waals surface area contributed by atoms with E-state index in [0.717, 1.165) is 25.9 Å². The fourth-order valence-corrected chi connectivity index (χ4v) is 1.26. The van der Waals surface area contributed by atoms with Crippen LogP contribution in [0.4, 0.5) is 0 Å². The molecular formula is C12H27NO2. The van der Waals surface area contributed by atoms with Crippen molar-refractivity contribution in [3.63, 3.8) is 0 Å². The third-order valence-corrected chi connectivity index (χ3v) is 2.79. The van der Waals surface area contributed by atoms with Gasteiger partial charge in [-0.3, -0.25) is 0 Å². The molecule has 0 saturated heterocycles. The SMILES string of the molecule is CCC(C)(CCOCN)OCCC(C)C. The van der Waals surface area contributed by atoms with Gasteiger partial charge in [-0.1, -0.05) is 20.8 Å². The topological polar surface area (TPSA) is 44.5 Å². The van der Waals surface area contributed by atoms with E-state index in [1.165, 1.54) is 0 Å². The lowest BCUT2D eigenvalue weighted by atomic mass is 9.99. The van der Waals surface area contributed by atoms with Gasteiger partial charge in [0.1, 0.15) is 0 Å². The van der Waals surface area contributed by atoms with Gasteiger partial charge in [-0.05, 0) is 32.1 Å². The third-order valence-electron chi connectivity index (χ3n) is 2.79. The molecule has 15 heavy (non-hydrogen) atoms. The van der Waals surface area contributed by atoms with Gasteiger partial charge in [-0.15, -0.1) is 0 Å². The average molecular weight is 217 g/mol. The first-order valence-corrected chi connectivity index (χ1v) is 5.96. The molecule has 3 nitrogen and oxygen atoms in total. The van der Waals surface area contributed by atoms with Crippen LogP contribution in [0, 0.1) is 5.92 Å². The quantitative estimate of drug-likeness (QED) is 0.477. The molecule has 92 valence electrons. The summed E-state index contributed by atoms with van der Waals surface area (Å²) >= 11 is 0. The van der Waals surface area contributed by atoms with Gasteiger partial charge in [0.05, 0.1) is 18.9 Å². The predicted molar refractivity (Wildman–Crippen MR) is 63.7 cm³/mol. The highest BCUT2D eigenvalue weighted by molar-refractivity contribution is 4.73. The molecular weight excluding hydrogens is 190 g/mol. The predicted octanol–water partition coefficient (Wildman–Crippen LogP) is 2.54. The lowest BCUT2D eigenvalue weighted by molar-refractivity contribution is -0.0588. The maximum atomic E-state index is 5.92. The Morgan fingerprint density at radius 3 is 2.40 bits per heavy atom. The van der Waals surface area contributed by atoms with Crippen LogP contribution in [0.15, 0.2) is 0 Å². The van der Waals surface area contributed by atoms with Gasteiger partial charge < -0.3 is 15.2 Å². The van der Waals surface area contributed by atoms with Crippen molar-refractivity contribution in [1.82, 2.24) is 0 Å². The van der Waals surface area contributed by atoms with Crippen molar-refractivity contribution in [2.24, 2.45) is 11.7 Å². The van der Waals surface area contributed by atoms with Crippen molar-refractivity contribution in [1.29, 1.82) is 0 Å². The van der Waals surface area contributed by atoms with E-state index in [-0.39, 0.29) is 5.60 Å². The van der Waals surface area contributed by atoms with Crippen molar-refractivity contribution in [2.75, 3.05) is 19.9 Å². The van der Waals surface area contributed by atoms with Crippen molar-refractivity contribution in [3.05, 3.63) is 0 Å². The Bertz CT molecular complexity index is 151. The third kappa shape index (κ3) is 7.77. The molecule has 1 unspecified atom stereocenters. The van der Waals surface area contributed by atoms with Crippen molar-refractivity contribution in [3.8, 4) is 0 Å². The van der Waals surface area contributed by atoms with Crippen LogP contribution >= 0.6 is 0 Å². The van der Waals surface area contributed by atoms with Gasteiger partial charge in [0.15, 0.2) is 0 Å². The molecule has 0 aliphatic heterocycles. The monoisotopic (exact) mass is 217 g/mol. The van der Waals surface area contributed by atoms with Crippen LogP contribution in [0.3, 0.4) is 0 Å². The molecule has 0 amide bonds. The minimum atomic E-state index is -0.0515. The molecule has 0 heterocycles. The van der Waals surface area contributed by atoms with Gasteiger partial charge in [0.2, 0.25) is 0 Å². The van der Waals surface area contributed by atoms with Crippen molar-refractivity contribution >= 4 is 0 Å². The van der Waals surface area contributed by atoms with Gasteiger partial charge in [-0.25, -0.2) is 0 Å². The standard InChI is InChI=1S/C12H27NO2/c1-5-12(4,7-9-14-10-13)15-8-6-11(2)3/h11H,5-10,13H2,1-4H3. The molecule has 0 spiro atoms. The number of hydrogen-bond donors (Lipinski definition) is 1. The first kappa shape index (κ1) is 14.9. The zero-order valence-electron chi connectivity index (χ0n) is 10.7. The summed E-state index contributed by atoms with van der Waals surface area (Å²) in [5.74, 6) is 0.700. The second-order valence-corrected chi connectivity index (χ2v) is 4.66. The highest BCUT2D eigenvalue weighted by Gasteiger charge is 2.22. The van der Waals surface area contributed by atoms with E-state index >= 15 is 0 Å². The lowest BCUT2D eigenvalue weighted by Gasteiger charge is -2.29. The smallest absolute Gasteiger partial charge is 0.0940 e. The highest BCUT2D eigenvalue weighted by Crippen LogP contribution is 2.20. The number of ether oxygens (including phenoxy) is 2. The van der Waals surface area contributed by atoms with Crippen molar-refractivity contribution in [2.45, 2.75) is 52.6 Å². The molecule has 0 rings (SSSR count). The zero-order valence-corrected chi connectivity index (χ0v) is 10.7. The molecule has 0 aromatic rings. The normalized spacial score (nSPS) is 15.6. The molecule has 0 aromatic carbocycles. The fourth-order valence-electron chi connectivity index (χ4n) is 1.26. The summed E-state index contributed by atoms with van der Waals surface area (Å²) in [6.07, 6.45) is 3.05. The number of hydrogen-bond acceptors (Lipinski definition) is 3. The Labute approximate surface area is 94.3 Å². The van der Waals surface area contributed by atoms with E-state index in [0.29, 0.717) is 19.3 Å². The molecule has 0 bridgehead atoms. The van der Waals surface area contributed by atoms with E-state index < -0.39 is 0 Å². The Hall–Kier alpha value is -0.120. The van der Waals surface area contributed by atoms with E-state index in [9.17, 15) is 0 Å². The first-order chi connectivity index (χ1) is 7.04. The van der Waals surface area contributed by atoms with Crippen LogP contribution < -0.4 is 5.73 Å². The minimum absolute atomic E-state index is 0.0515. The maximum absolute atomic E-state index is 5.92. The van der Waals surface area contributed by atoms with E-state index in [2.05, 4.69) is 27.7 Å². The van der Waals surface area contributed by atoms with Crippen LogP contribution in [0.2, 0.25) is 0 Å². The summed E-state index contributed by atoms with van der Waals surface area (Å²) in [7, 11) is 0. The second-order valence-electron chi connectivity index (χ2n) is 4.66. The zero-order chi connectivity index (χ0) is 11.7. The van der Waals surface area contributed by atoms with Crippen LogP contribution in [0.5, 0.6) is 0 Å². The Morgan fingerprint density at radius 2 is 1.93 bits per heavy atom. The summed E-state index contributed by atoms with van der Waals surface area (Å²) < 4.78 is 11.1. The van der Waals surface area contributed by atoms with Crippen LogP contribution in [-0.4, -0.2) is 25.5 Å². The molecule has 0 aliphatic carbocycles. The molecule has 0 saturated carbocycles. The van der Waals surface area contributed by atoms with Crippen LogP contribution in [-0.2, 0) is 9.47 Å². The molecule has 0 fully saturated rings. The van der Waals surface area contributed by atoms with Crippen LogP contribution in [0.1, 0.15) is 47.0 Å². The Kier molecular flexibility index (Phi) is 8.02. The molecule has 1 atom stereocenters. The van der Waals surface area contributed by atoms with Crippen molar-refractivity contribution < 1.29 is 9.47 Å². The molecule has 2 N–H and O–H groups in total. The van der Waals surface area contributed by atoms with Gasteiger partial charge >= 0.3 is 0 Å². The van der Waals surface area contributed by atoms with E-state index in [1.807, 2.05) is 0 Å². The lowest BCUT2D eigenvalue weighted by Crippen LogP contribution is -2.30. The minimum Gasteiger partial charge on any atom is -0.375 e.